The Morgan fingerprint density at radius 3 is 1.85 bits per heavy atom. The molecular weight excluding hydrogens is 591 g/mol. The van der Waals surface area contributed by atoms with Gasteiger partial charge < -0.3 is 4.98 Å². The predicted octanol–water partition coefficient (Wildman–Crippen LogP) is 8.49. The minimum absolute atomic E-state index is 0. The molecule has 1 radical (unpaired) electrons. The van der Waals surface area contributed by atoms with E-state index in [1.807, 2.05) is 30.5 Å². The van der Waals surface area contributed by atoms with E-state index in [9.17, 15) is 0 Å². The fourth-order valence-corrected chi connectivity index (χ4v) is 5.99. The molecule has 2 bridgehead atoms. The van der Waals surface area contributed by atoms with Gasteiger partial charge >= 0.3 is 0 Å². The first-order chi connectivity index (χ1) is 16.1. The van der Waals surface area contributed by atoms with Crippen LogP contribution in [0.1, 0.15) is 51.0 Å². The molecule has 0 amide bonds. The third-order valence-corrected chi connectivity index (χ3v) is 8.41. The Labute approximate surface area is 217 Å². The van der Waals surface area contributed by atoms with Crippen LogP contribution in [0.25, 0.3) is 33.5 Å². The molecule has 0 spiro atoms. The summed E-state index contributed by atoms with van der Waals surface area (Å²) in [5.41, 5.74) is 9.59. The predicted molar refractivity (Wildman–Crippen MR) is 137 cm³/mol. The van der Waals surface area contributed by atoms with E-state index < -0.39 is 0 Å². The van der Waals surface area contributed by atoms with Crippen LogP contribution in [0.15, 0.2) is 91.1 Å². The van der Waals surface area contributed by atoms with Crippen LogP contribution in [-0.2, 0) is 25.5 Å². The summed E-state index contributed by atoms with van der Waals surface area (Å²) in [7, 11) is 0. The summed E-state index contributed by atoms with van der Waals surface area (Å²) in [6.07, 6.45) is 10.1. The number of hydrogen-bond donors (Lipinski definition) is 0. The molecule has 2 heteroatoms. The molecule has 7 rings (SSSR count). The summed E-state index contributed by atoms with van der Waals surface area (Å²) in [6, 6.07) is 34.0. The van der Waals surface area contributed by atoms with Gasteiger partial charge in [-0.25, -0.2) is 0 Å². The zero-order valence-electron chi connectivity index (χ0n) is 19.7. The Kier molecular flexibility index (Phi) is 6.31. The number of nitrogens with zero attached hydrogens (tertiary/aromatic N) is 1. The van der Waals surface area contributed by atoms with Crippen LogP contribution in [0, 0.1) is 11.5 Å². The third kappa shape index (κ3) is 4.30. The molecule has 0 saturated heterocycles. The van der Waals surface area contributed by atoms with Crippen molar-refractivity contribution in [1.82, 2.24) is 4.98 Å². The maximum absolute atomic E-state index is 4.46. The number of pyridine rings is 1. The quantitative estimate of drug-likeness (QED) is 0.209. The Hall–Kier alpha value is -2.54. The van der Waals surface area contributed by atoms with E-state index in [1.54, 1.807) is 5.56 Å². The Bertz CT molecular complexity index is 1230. The van der Waals surface area contributed by atoms with Gasteiger partial charge in [0.05, 0.1) is 0 Å². The van der Waals surface area contributed by atoms with Crippen LogP contribution in [-0.4, -0.2) is 4.98 Å². The van der Waals surface area contributed by atoms with Crippen LogP contribution < -0.4 is 0 Å². The summed E-state index contributed by atoms with van der Waals surface area (Å²) in [5, 5.41) is 0. The normalized spacial score (nSPS) is 23.3. The van der Waals surface area contributed by atoms with Gasteiger partial charge in [-0.05, 0) is 83.4 Å². The van der Waals surface area contributed by atoms with Crippen LogP contribution in [0.4, 0.5) is 0 Å². The van der Waals surface area contributed by atoms with Crippen LogP contribution in [0.3, 0.4) is 0 Å². The monoisotopic (exact) mass is 621 g/mol. The van der Waals surface area contributed by atoms with Crippen molar-refractivity contribution >= 4 is 0 Å². The average Bonchev–Trinajstić information content (AvgIpc) is 2.90. The molecule has 4 aromatic rings. The Balaban J connectivity index is 0.00000241. The molecule has 34 heavy (non-hydrogen) atoms. The minimum Gasteiger partial charge on any atom is -0.305 e. The summed E-state index contributed by atoms with van der Waals surface area (Å²) in [5.74, 6) is 0. The van der Waals surface area contributed by atoms with Gasteiger partial charge in [-0.15, -0.1) is 35.4 Å². The van der Waals surface area contributed by atoms with Crippen LogP contribution >= 0.6 is 0 Å². The average molecular weight is 621 g/mol. The summed E-state index contributed by atoms with van der Waals surface area (Å²) < 4.78 is 0. The smallest absolute Gasteiger partial charge is 0.0160 e. The van der Waals surface area contributed by atoms with E-state index in [2.05, 4.69) is 78.6 Å². The van der Waals surface area contributed by atoms with Crippen molar-refractivity contribution in [3.05, 3.63) is 103 Å². The van der Waals surface area contributed by atoms with E-state index in [1.165, 1.54) is 60.8 Å². The second kappa shape index (κ2) is 9.25. The van der Waals surface area contributed by atoms with Gasteiger partial charge in [0.15, 0.2) is 0 Å². The van der Waals surface area contributed by atoms with Gasteiger partial charge in [0, 0.05) is 26.3 Å². The summed E-state index contributed by atoms with van der Waals surface area (Å²) in [4.78, 5) is 4.46. The van der Waals surface area contributed by atoms with Crippen molar-refractivity contribution < 1.29 is 20.1 Å². The number of hydrogen-bond acceptors (Lipinski definition) is 1. The Morgan fingerprint density at radius 2 is 1.26 bits per heavy atom. The first kappa shape index (κ1) is 23.2. The van der Waals surface area contributed by atoms with Crippen molar-refractivity contribution in [3.63, 3.8) is 0 Å². The molecule has 0 aliphatic heterocycles. The molecule has 3 aliphatic carbocycles. The van der Waals surface area contributed by atoms with E-state index in [0.29, 0.717) is 10.8 Å². The van der Waals surface area contributed by atoms with Crippen LogP contribution in [0.5, 0.6) is 0 Å². The first-order valence-corrected chi connectivity index (χ1v) is 12.3. The van der Waals surface area contributed by atoms with E-state index in [0.717, 1.165) is 11.3 Å². The van der Waals surface area contributed by atoms with Crippen molar-refractivity contribution in [3.8, 4) is 33.5 Å². The molecule has 3 aromatic carbocycles. The Morgan fingerprint density at radius 1 is 0.676 bits per heavy atom. The van der Waals surface area contributed by atoms with Crippen molar-refractivity contribution in [2.24, 2.45) is 5.41 Å². The van der Waals surface area contributed by atoms with Gasteiger partial charge in [-0.2, -0.15) is 0 Å². The van der Waals surface area contributed by atoms with E-state index in [4.69, 9.17) is 0 Å². The standard InChI is InChI=1S/C32H30N.Ir/c1-31-16-19-32(20-17-31,21-18-31)29-14-12-25(13-15-29)24-8-10-26(11-9-24)27-5-4-6-28(23-27)30-7-2-3-22-33-30;/h2-5,7-15,22-23H,16-21H2,1H3;/q-1;. The minimum atomic E-state index is 0. The second-order valence-corrected chi connectivity index (χ2v) is 10.5. The second-order valence-electron chi connectivity index (χ2n) is 10.5. The van der Waals surface area contributed by atoms with Gasteiger partial charge in [0.2, 0.25) is 0 Å². The summed E-state index contributed by atoms with van der Waals surface area (Å²) in [6.45, 7) is 2.50. The van der Waals surface area contributed by atoms with Gasteiger partial charge in [-0.1, -0.05) is 67.6 Å². The molecule has 3 fully saturated rings. The van der Waals surface area contributed by atoms with E-state index in [-0.39, 0.29) is 20.1 Å². The van der Waals surface area contributed by atoms with Gasteiger partial charge in [0.1, 0.15) is 0 Å². The fourth-order valence-electron chi connectivity index (χ4n) is 5.99. The molecule has 1 heterocycles. The number of benzene rings is 3. The number of rotatable bonds is 4. The molecule has 3 aliphatic rings. The maximum Gasteiger partial charge on any atom is 0.0160 e. The van der Waals surface area contributed by atoms with Crippen molar-refractivity contribution in [2.45, 2.75) is 50.9 Å². The van der Waals surface area contributed by atoms with Gasteiger partial charge in [0.25, 0.3) is 0 Å². The van der Waals surface area contributed by atoms with Crippen molar-refractivity contribution in [2.75, 3.05) is 0 Å². The van der Waals surface area contributed by atoms with Crippen molar-refractivity contribution in [1.29, 1.82) is 0 Å². The van der Waals surface area contributed by atoms with Gasteiger partial charge in [-0.3, -0.25) is 0 Å². The molecular formula is C32H30IrN-. The third-order valence-electron chi connectivity index (χ3n) is 8.41. The largest absolute Gasteiger partial charge is 0.305 e. The molecule has 0 unspecified atom stereocenters. The molecule has 0 N–H and O–H groups in total. The topological polar surface area (TPSA) is 12.9 Å². The van der Waals surface area contributed by atoms with Crippen LogP contribution in [0.2, 0.25) is 0 Å². The molecule has 0 atom stereocenters. The fraction of sp³-hybridized carbons (Fsp3) is 0.281. The molecule has 1 aromatic heterocycles. The van der Waals surface area contributed by atoms with E-state index >= 15 is 0 Å². The SMILES string of the molecule is CC12CCC(c3ccc(-c4ccc(-c5cc[c-]c(-c6ccccn6)c5)cc4)cc3)(CC1)CC2.[Ir]. The zero-order valence-corrected chi connectivity index (χ0v) is 22.1. The summed E-state index contributed by atoms with van der Waals surface area (Å²) >= 11 is 0. The molecule has 1 nitrogen and oxygen atoms in total. The maximum atomic E-state index is 4.46. The molecule has 3 saturated carbocycles. The first-order valence-electron chi connectivity index (χ1n) is 12.3. The zero-order chi connectivity index (χ0) is 22.3. The number of fused-ring (bicyclic) bond motifs is 3. The molecule has 173 valence electrons. The number of aromatic nitrogens is 1.